The van der Waals surface area contributed by atoms with Gasteiger partial charge in [-0.1, -0.05) is 12.1 Å². The maximum atomic E-state index is 14.7. The summed E-state index contributed by atoms with van der Waals surface area (Å²) in [6, 6.07) is 4.99. The Morgan fingerprint density at radius 2 is 1.44 bits per heavy atom. The normalized spacial score (nSPS) is 20.7. The number of amides is 2. The number of hydrogen-bond acceptors (Lipinski definition) is 4. The number of ether oxygens (including phenoxy) is 1. The highest BCUT2D eigenvalue weighted by Crippen LogP contribution is 2.38. The van der Waals surface area contributed by atoms with E-state index in [1.165, 1.54) is 18.0 Å². The monoisotopic (exact) mass is 645 g/mol. The van der Waals surface area contributed by atoms with Gasteiger partial charge < -0.3 is 14.5 Å². The number of halogens is 7. The smallest absolute Gasteiger partial charge is 0.416 e. The van der Waals surface area contributed by atoms with Crippen molar-refractivity contribution in [2.75, 3.05) is 33.2 Å². The van der Waals surface area contributed by atoms with Gasteiger partial charge in [0.25, 0.3) is 5.91 Å². The average molecular weight is 646 g/mol. The lowest BCUT2D eigenvalue weighted by molar-refractivity contribution is -0.143. The summed E-state index contributed by atoms with van der Waals surface area (Å²) in [6.07, 6.45) is -8.94. The Bertz CT molecular complexity index is 1360. The van der Waals surface area contributed by atoms with Crippen LogP contribution < -0.4 is 0 Å². The van der Waals surface area contributed by atoms with Crippen LogP contribution in [0.15, 0.2) is 36.4 Å². The van der Waals surface area contributed by atoms with Gasteiger partial charge in [-0.3, -0.25) is 9.69 Å². The van der Waals surface area contributed by atoms with Crippen LogP contribution in [0.5, 0.6) is 0 Å². The van der Waals surface area contributed by atoms with E-state index in [9.17, 15) is 40.3 Å². The van der Waals surface area contributed by atoms with Gasteiger partial charge in [-0.05, 0) is 82.3 Å². The molecule has 2 aromatic rings. The summed E-state index contributed by atoms with van der Waals surface area (Å²) in [6.45, 7) is 8.78. The first-order valence-electron chi connectivity index (χ1n) is 14.8. The molecule has 0 aliphatic carbocycles. The molecule has 0 saturated carbocycles. The number of benzene rings is 2. The summed E-state index contributed by atoms with van der Waals surface area (Å²) in [5, 5.41) is 0. The van der Waals surface area contributed by atoms with Gasteiger partial charge in [-0.25, -0.2) is 9.18 Å². The number of rotatable bonds is 4. The second kappa shape index (κ2) is 12.8. The third-order valence-electron chi connectivity index (χ3n) is 8.52. The van der Waals surface area contributed by atoms with Crippen molar-refractivity contribution in [1.29, 1.82) is 0 Å². The highest BCUT2D eigenvalue weighted by Gasteiger charge is 2.41. The summed E-state index contributed by atoms with van der Waals surface area (Å²) >= 11 is 0. The van der Waals surface area contributed by atoms with Crippen LogP contribution in [0.2, 0.25) is 0 Å². The minimum absolute atomic E-state index is 0.0126. The molecular formula is C32H38F7N3O3. The molecule has 0 radical (unpaired) electrons. The SMILES string of the molecule is Cc1ccc([C@@H]2CN(C3CCN(C(=O)OC(C)(C)C)CC3)CC[C@H]2N(C)C(=O)c2cc(C(F)(F)F)cc(C(F)(F)F)c2)cc1F. The van der Waals surface area contributed by atoms with Crippen LogP contribution in [-0.2, 0) is 17.1 Å². The highest BCUT2D eigenvalue weighted by molar-refractivity contribution is 5.95. The lowest BCUT2D eigenvalue weighted by Crippen LogP contribution is -2.55. The molecule has 2 amide bonds. The highest BCUT2D eigenvalue weighted by atomic mass is 19.4. The molecule has 2 fully saturated rings. The Labute approximate surface area is 258 Å². The van der Waals surface area contributed by atoms with Gasteiger partial charge in [-0.15, -0.1) is 0 Å². The summed E-state index contributed by atoms with van der Waals surface area (Å²) in [7, 11) is 1.35. The Morgan fingerprint density at radius 1 is 0.867 bits per heavy atom. The fourth-order valence-corrected chi connectivity index (χ4v) is 6.10. The Morgan fingerprint density at radius 3 is 1.96 bits per heavy atom. The van der Waals surface area contributed by atoms with E-state index in [-0.39, 0.29) is 12.1 Å². The number of aryl methyl sites for hydroxylation is 1. The van der Waals surface area contributed by atoms with Gasteiger partial charge in [0.1, 0.15) is 11.4 Å². The molecule has 2 saturated heterocycles. The Kier molecular flexibility index (Phi) is 9.82. The summed E-state index contributed by atoms with van der Waals surface area (Å²) in [4.78, 5) is 31.1. The lowest BCUT2D eigenvalue weighted by Gasteiger charge is -2.47. The maximum Gasteiger partial charge on any atom is 0.416 e. The zero-order valence-corrected chi connectivity index (χ0v) is 25.9. The summed E-state index contributed by atoms with van der Waals surface area (Å²) in [5.74, 6) is -1.94. The second-order valence-electron chi connectivity index (χ2n) is 12.9. The molecule has 0 spiro atoms. The van der Waals surface area contributed by atoms with E-state index in [0.29, 0.717) is 68.7 Å². The number of carbonyl (C=O) groups excluding carboxylic acids is 2. The van der Waals surface area contributed by atoms with Gasteiger partial charge >= 0.3 is 18.4 Å². The second-order valence-corrected chi connectivity index (χ2v) is 12.9. The molecule has 0 aromatic heterocycles. The van der Waals surface area contributed by atoms with Crippen molar-refractivity contribution in [1.82, 2.24) is 14.7 Å². The van der Waals surface area contributed by atoms with Crippen LogP contribution in [0.1, 0.15) is 78.6 Å². The fraction of sp³-hybridized carbons (Fsp3) is 0.562. The van der Waals surface area contributed by atoms with E-state index in [1.54, 1.807) is 44.7 Å². The van der Waals surface area contributed by atoms with Gasteiger partial charge in [0.2, 0.25) is 0 Å². The Balaban J connectivity index is 1.59. The summed E-state index contributed by atoms with van der Waals surface area (Å²) in [5.41, 5.74) is -3.52. The number of carbonyl (C=O) groups is 2. The molecule has 4 rings (SSSR count). The molecule has 6 nitrogen and oxygen atoms in total. The molecular weight excluding hydrogens is 607 g/mol. The van der Waals surface area contributed by atoms with Crippen molar-refractivity contribution in [2.24, 2.45) is 0 Å². The lowest BCUT2D eigenvalue weighted by atomic mass is 9.83. The van der Waals surface area contributed by atoms with Crippen LogP contribution in [0.3, 0.4) is 0 Å². The van der Waals surface area contributed by atoms with E-state index >= 15 is 0 Å². The van der Waals surface area contributed by atoms with Crippen LogP contribution in [-0.4, -0.2) is 77.6 Å². The van der Waals surface area contributed by atoms with Crippen LogP contribution >= 0.6 is 0 Å². The van der Waals surface area contributed by atoms with Gasteiger partial charge in [0.15, 0.2) is 0 Å². The van der Waals surface area contributed by atoms with Crippen molar-refractivity contribution in [3.8, 4) is 0 Å². The molecule has 2 heterocycles. The molecule has 2 aromatic carbocycles. The minimum atomic E-state index is -5.10. The first-order valence-corrected chi connectivity index (χ1v) is 14.8. The standard InChI is InChI=1S/C32H38F7N3O3/c1-19-6-7-20(16-26(19)33)25-18-42(24-8-11-41(12-9-24)29(44)45-30(2,3)4)13-10-27(25)40(5)28(43)21-14-22(31(34,35)36)17-23(15-21)32(37,38)39/h6-7,14-17,24-25,27H,8-13,18H2,1-5H3/t25-,27+/m0/s1. The van der Waals surface area contributed by atoms with E-state index in [1.807, 2.05) is 0 Å². The van der Waals surface area contributed by atoms with Gasteiger partial charge in [0.05, 0.1) is 11.1 Å². The topological polar surface area (TPSA) is 53.1 Å². The number of nitrogens with zero attached hydrogens (tertiary/aromatic N) is 3. The Hall–Kier alpha value is -3.35. The predicted molar refractivity (Wildman–Crippen MR) is 153 cm³/mol. The van der Waals surface area contributed by atoms with Gasteiger partial charge in [-0.2, -0.15) is 26.3 Å². The van der Waals surface area contributed by atoms with Crippen LogP contribution in [0, 0.1) is 12.7 Å². The van der Waals surface area contributed by atoms with Crippen molar-refractivity contribution < 1.29 is 45.1 Å². The zero-order chi connectivity index (χ0) is 33.5. The zero-order valence-electron chi connectivity index (χ0n) is 25.9. The fourth-order valence-electron chi connectivity index (χ4n) is 6.10. The molecule has 0 unspecified atom stereocenters. The molecule has 2 atom stereocenters. The molecule has 0 N–H and O–H groups in total. The van der Waals surface area contributed by atoms with Crippen LogP contribution in [0.4, 0.5) is 35.5 Å². The molecule has 0 bridgehead atoms. The largest absolute Gasteiger partial charge is 0.444 e. The first-order chi connectivity index (χ1) is 20.7. The average Bonchev–Trinajstić information content (AvgIpc) is 2.95. The minimum Gasteiger partial charge on any atom is -0.444 e. The number of hydrogen-bond donors (Lipinski definition) is 0. The van der Waals surface area contributed by atoms with Crippen molar-refractivity contribution in [3.63, 3.8) is 0 Å². The maximum absolute atomic E-state index is 14.7. The van der Waals surface area contributed by atoms with E-state index in [2.05, 4.69) is 4.90 Å². The molecule has 45 heavy (non-hydrogen) atoms. The van der Waals surface area contributed by atoms with Crippen LogP contribution in [0.25, 0.3) is 0 Å². The van der Waals surface area contributed by atoms with E-state index in [4.69, 9.17) is 4.74 Å². The first kappa shape index (κ1) is 34.5. The predicted octanol–water partition coefficient (Wildman–Crippen LogP) is 7.50. The molecule has 2 aliphatic heterocycles. The summed E-state index contributed by atoms with van der Waals surface area (Å²) < 4.78 is 101. The number of alkyl halides is 6. The molecule has 2 aliphatic rings. The number of piperidine rings is 2. The quantitative estimate of drug-likeness (QED) is 0.323. The van der Waals surface area contributed by atoms with Gasteiger partial charge in [0, 0.05) is 56.8 Å². The molecule has 13 heteroatoms. The number of likely N-dealkylation sites (N-methyl/N-ethyl adjacent to an activating group) is 1. The van der Waals surface area contributed by atoms with Crippen molar-refractivity contribution in [3.05, 3.63) is 70.0 Å². The third-order valence-corrected chi connectivity index (χ3v) is 8.52. The molecule has 248 valence electrons. The van der Waals surface area contributed by atoms with E-state index < -0.39 is 64.4 Å². The van der Waals surface area contributed by atoms with Crippen molar-refractivity contribution in [2.45, 2.75) is 82.9 Å². The number of likely N-dealkylation sites (tertiary alicyclic amines) is 2. The third kappa shape index (κ3) is 8.28. The van der Waals surface area contributed by atoms with Crippen molar-refractivity contribution >= 4 is 12.0 Å². The van der Waals surface area contributed by atoms with E-state index in [0.717, 1.165) is 0 Å².